The first-order valence-electron chi connectivity index (χ1n) is 8.21. The third kappa shape index (κ3) is 6.59. The third-order valence-electron chi connectivity index (χ3n) is 3.57. The van der Waals surface area contributed by atoms with Gasteiger partial charge in [-0.2, -0.15) is 0 Å². The highest BCUT2D eigenvalue weighted by molar-refractivity contribution is 7.80. The normalized spacial score (nSPS) is 9.86. The number of carbonyl (C=O) groups excluding carboxylic acids is 2. The molecule has 29 heavy (non-hydrogen) atoms. The molecule has 0 aliphatic rings. The van der Waals surface area contributed by atoms with Gasteiger partial charge in [-0.15, -0.1) is 0 Å². The predicted molar refractivity (Wildman–Crippen MR) is 118 cm³/mol. The summed E-state index contributed by atoms with van der Waals surface area (Å²) >= 11 is 10.1. The van der Waals surface area contributed by atoms with E-state index in [9.17, 15) is 19.7 Å². The summed E-state index contributed by atoms with van der Waals surface area (Å²) in [6, 6.07) is 10.9. The molecule has 4 N–H and O–H groups in total. The minimum absolute atomic E-state index is 0.0612. The van der Waals surface area contributed by atoms with Crippen molar-refractivity contribution in [3.8, 4) is 0 Å². The lowest BCUT2D eigenvalue weighted by atomic mass is 10.1. The molecule has 0 saturated carbocycles. The molecule has 0 aliphatic carbocycles. The fraction of sp³-hybridized carbons (Fsp3) is 0.111. The Hall–Kier alpha value is -3.44. The Morgan fingerprint density at radius 1 is 0.931 bits per heavy atom. The fourth-order valence-corrected chi connectivity index (χ4v) is 2.77. The summed E-state index contributed by atoms with van der Waals surface area (Å²) in [6.45, 7) is 2.91. The molecule has 11 heteroatoms. The Labute approximate surface area is 177 Å². The number of carbonyl (C=O) groups is 2. The highest BCUT2D eigenvalue weighted by Crippen LogP contribution is 2.19. The topological polar surface area (TPSA) is 125 Å². The molecule has 2 aromatic carbocycles. The lowest BCUT2D eigenvalue weighted by Crippen LogP contribution is -2.34. The maximum atomic E-state index is 12.3. The number of rotatable bonds is 4. The SMILES string of the molecule is CC(=O)NC(=S)Nc1ccc(NC(=S)NC(=O)c2ccc([N+](=O)[O-])c(C)c2)cc1. The molecule has 0 aromatic heterocycles. The third-order valence-corrected chi connectivity index (χ3v) is 3.98. The molecule has 0 fully saturated rings. The second-order valence-corrected chi connectivity index (χ2v) is 6.70. The monoisotopic (exact) mass is 431 g/mol. The molecule has 2 rings (SSSR count). The number of hydrogen-bond acceptors (Lipinski definition) is 6. The summed E-state index contributed by atoms with van der Waals surface area (Å²) in [5.74, 6) is -0.760. The van der Waals surface area contributed by atoms with Crippen LogP contribution in [-0.2, 0) is 4.79 Å². The van der Waals surface area contributed by atoms with Gasteiger partial charge in [0.1, 0.15) is 0 Å². The average molecular weight is 431 g/mol. The van der Waals surface area contributed by atoms with Crippen molar-refractivity contribution in [2.45, 2.75) is 13.8 Å². The van der Waals surface area contributed by atoms with Crippen LogP contribution in [0.5, 0.6) is 0 Å². The van der Waals surface area contributed by atoms with Crippen molar-refractivity contribution in [3.05, 3.63) is 63.7 Å². The van der Waals surface area contributed by atoms with E-state index in [1.807, 2.05) is 0 Å². The van der Waals surface area contributed by atoms with E-state index in [4.69, 9.17) is 24.4 Å². The number of benzene rings is 2. The molecule has 150 valence electrons. The molecule has 9 nitrogen and oxygen atoms in total. The van der Waals surface area contributed by atoms with Gasteiger partial charge in [-0.05, 0) is 67.8 Å². The number of thiocarbonyl (C=S) groups is 2. The van der Waals surface area contributed by atoms with Crippen LogP contribution in [0.3, 0.4) is 0 Å². The van der Waals surface area contributed by atoms with Gasteiger partial charge in [0.25, 0.3) is 11.6 Å². The molecule has 0 atom stereocenters. The molecule has 0 spiro atoms. The molecule has 0 aliphatic heterocycles. The van der Waals surface area contributed by atoms with Crippen molar-refractivity contribution in [3.63, 3.8) is 0 Å². The van der Waals surface area contributed by atoms with Crippen LogP contribution < -0.4 is 21.3 Å². The van der Waals surface area contributed by atoms with Crippen LogP contribution in [0.1, 0.15) is 22.8 Å². The van der Waals surface area contributed by atoms with E-state index in [1.165, 1.54) is 25.1 Å². The van der Waals surface area contributed by atoms with Gasteiger partial charge in [0.05, 0.1) is 4.92 Å². The van der Waals surface area contributed by atoms with Crippen LogP contribution in [0, 0.1) is 17.0 Å². The predicted octanol–water partition coefficient (Wildman–Crippen LogP) is 2.86. The second-order valence-electron chi connectivity index (χ2n) is 5.88. The first kappa shape index (κ1) is 21.9. The fourth-order valence-electron chi connectivity index (χ4n) is 2.30. The van der Waals surface area contributed by atoms with E-state index in [2.05, 4.69) is 21.3 Å². The summed E-state index contributed by atoms with van der Waals surface area (Å²) in [5, 5.41) is 21.8. The number of nitro groups is 1. The number of hydrogen-bond donors (Lipinski definition) is 4. The quantitative estimate of drug-likeness (QED) is 0.331. The van der Waals surface area contributed by atoms with Crippen molar-refractivity contribution >= 4 is 63.5 Å². The van der Waals surface area contributed by atoms with Gasteiger partial charge >= 0.3 is 0 Å². The Kier molecular flexibility index (Phi) is 7.28. The highest BCUT2D eigenvalue weighted by atomic mass is 32.1. The minimum atomic E-state index is -0.509. The van der Waals surface area contributed by atoms with E-state index < -0.39 is 10.8 Å². The second kappa shape index (κ2) is 9.66. The van der Waals surface area contributed by atoms with Gasteiger partial charge in [-0.1, -0.05) is 0 Å². The Bertz CT molecular complexity index is 992. The van der Waals surface area contributed by atoms with Gasteiger partial charge in [0.2, 0.25) is 5.91 Å². The largest absolute Gasteiger partial charge is 0.332 e. The molecule has 2 aromatic rings. The average Bonchev–Trinajstić information content (AvgIpc) is 2.62. The van der Waals surface area contributed by atoms with Gasteiger partial charge in [0, 0.05) is 35.5 Å². The lowest BCUT2D eigenvalue weighted by Gasteiger charge is -2.12. The highest BCUT2D eigenvalue weighted by Gasteiger charge is 2.14. The zero-order valence-electron chi connectivity index (χ0n) is 15.4. The first-order chi connectivity index (χ1) is 13.7. The molecular formula is C18H17N5O4S2. The van der Waals surface area contributed by atoms with E-state index in [-0.39, 0.29) is 27.4 Å². The van der Waals surface area contributed by atoms with Crippen molar-refractivity contribution in [1.82, 2.24) is 10.6 Å². The molecule has 2 amide bonds. The maximum absolute atomic E-state index is 12.3. The number of aryl methyl sites for hydroxylation is 1. The summed E-state index contributed by atoms with van der Waals surface area (Å²) in [6.07, 6.45) is 0. The number of nitrogens with zero attached hydrogens (tertiary/aromatic N) is 1. The van der Waals surface area contributed by atoms with Gasteiger partial charge < -0.3 is 16.0 Å². The Balaban J connectivity index is 1.94. The molecular weight excluding hydrogens is 414 g/mol. The van der Waals surface area contributed by atoms with Gasteiger partial charge in [-0.25, -0.2) is 0 Å². The van der Waals surface area contributed by atoms with E-state index >= 15 is 0 Å². The Morgan fingerprint density at radius 2 is 1.45 bits per heavy atom. The van der Waals surface area contributed by atoms with Crippen LogP contribution in [0.15, 0.2) is 42.5 Å². The number of anilines is 2. The number of amides is 2. The van der Waals surface area contributed by atoms with Crippen LogP contribution in [-0.4, -0.2) is 27.0 Å². The Morgan fingerprint density at radius 3 is 1.90 bits per heavy atom. The molecule has 0 bridgehead atoms. The molecule has 0 heterocycles. The van der Waals surface area contributed by atoms with Crippen molar-refractivity contribution in [2.75, 3.05) is 10.6 Å². The van der Waals surface area contributed by atoms with Gasteiger partial charge in [0.15, 0.2) is 10.2 Å². The van der Waals surface area contributed by atoms with Gasteiger partial charge in [-0.3, -0.25) is 25.0 Å². The standard InChI is InChI=1S/C18H17N5O4S2/c1-10-9-12(3-8-15(10)23(26)27)16(25)22-18(29)21-14-6-4-13(5-7-14)20-17(28)19-11(2)24/h3-9H,1-2H3,(H2,19,20,24,28)(H2,21,22,25,29). The van der Waals surface area contributed by atoms with Crippen molar-refractivity contribution in [2.24, 2.45) is 0 Å². The first-order valence-corrected chi connectivity index (χ1v) is 9.03. The minimum Gasteiger partial charge on any atom is -0.332 e. The zero-order chi connectivity index (χ0) is 21.6. The molecule has 0 radical (unpaired) electrons. The van der Waals surface area contributed by atoms with E-state index in [0.717, 1.165) is 0 Å². The van der Waals surface area contributed by atoms with Crippen LogP contribution in [0.25, 0.3) is 0 Å². The lowest BCUT2D eigenvalue weighted by molar-refractivity contribution is -0.385. The van der Waals surface area contributed by atoms with E-state index in [0.29, 0.717) is 16.9 Å². The molecule has 0 saturated heterocycles. The zero-order valence-corrected chi connectivity index (χ0v) is 17.1. The molecule has 0 unspecified atom stereocenters. The van der Waals surface area contributed by atoms with Crippen LogP contribution >= 0.6 is 24.4 Å². The smallest absolute Gasteiger partial charge is 0.272 e. The van der Waals surface area contributed by atoms with Crippen molar-refractivity contribution in [1.29, 1.82) is 0 Å². The number of nitro benzene ring substituents is 1. The summed E-state index contributed by atoms with van der Waals surface area (Å²) in [7, 11) is 0. The van der Waals surface area contributed by atoms with Crippen LogP contribution in [0.4, 0.5) is 17.1 Å². The summed E-state index contributed by atoms with van der Waals surface area (Å²) < 4.78 is 0. The summed E-state index contributed by atoms with van der Waals surface area (Å²) in [5.41, 5.74) is 1.84. The maximum Gasteiger partial charge on any atom is 0.272 e. The van der Waals surface area contributed by atoms with Crippen molar-refractivity contribution < 1.29 is 14.5 Å². The summed E-state index contributed by atoms with van der Waals surface area (Å²) in [4.78, 5) is 33.6. The van der Waals surface area contributed by atoms with Crippen LogP contribution in [0.2, 0.25) is 0 Å². The number of nitrogens with one attached hydrogen (secondary N) is 4. The van der Waals surface area contributed by atoms with E-state index in [1.54, 1.807) is 31.2 Å².